The Morgan fingerprint density at radius 1 is 0.808 bits per heavy atom. The molecule has 3 aromatic rings. The number of hydrogen-bond donors (Lipinski definition) is 0. The van der Waals surface area contributed by atoms with Crippen LogP contribution in [0.2, 0.25) is 25.1 Å². The van der Waals surface area contributed by atoms with E-state index in [1.165, 1.54) is 24.3 Å². The number of ketones is 1. The van der Waals surface area contributed by atoms with Crippen LogP contribution in [0.3, 0.4) is 0 Å². The van der Waals surface area contributed by atoms with Crippen molar-refractivity contribution in [1.29, 1.82) is 0 Å². The highest BCUT2D eigenvalue weighted by Crippen LogP contribution is 2.35. The second kappa shape index (κ2) is 8.08. The highest BCUT2D eigenvalue weighted by molar-refractivity contribution is 6.49. The Kier molecular flexibility index (Phi) is 6.01. The monoisotopic (exact) mass is 444 g/mol. The summed E-state index contributed by atoms with van der Waals surface area (Å²) in [5, 5.41) is 1.37. The van der Waals surface area contributed by atoms with Crippen LogP contribution in [0.5, 0.6) is 0 Å². The van der Waals surface area contributed by atoms with Gasteiger partial charge in [0.25, 0.3) is 0 Å². The second-order valence-corrected chi connectivity index (χ2v) is 7.17. The lowest BCUT2D eigenvalue weighted by molar-refractivity contribution is 0.104. The van der Waals surface area contributed by atoms with Crippen LogP contribution in [-0.2, 0) is 0 Å². The molecule has 0 aliphatic carbocycles. The molecular formula is C19H9Cl5O2. The molecule has 0 saturated carbocycles. The van der Waals surface area contributed by atoms with Gasteiger partial charge in [-0.2, -0.15) is 0 Å². The summed E-state index contributed by atoms with van der Waals surface area (Å²) in [4.78, 5) is 12.3. The average molecular weight is 447 g/mol. The van der Waals surface area contributed by atoms with E-state index in [0.29, 0.717) is 27.1 Å². The highest BCUT2D eigenvalue weighted by atomic mass is 35.5. The lowest BCUT2D eigenvalue weighted by Crippen LogP contribution is -1.96. The molecule has 0 atom stereocenters. The number of carbonyl (C=O) groups is 1. The first kappa shape index (κ1) is 19.3. The minimum Gasteiger partial charge on any atom is -0.457 e. The van der Waals surface area contributed by atoms with Crippen molar-refractivity contribution < 1.29 is 9.21 Å². The van der Waals surface area contributed by atoms with Crippen LogP contribution in [-0.4, -0.2) is 5.78 Å². The third kappa shape index (κ3) is 3.95. The van der Waals surface area contributed by atoms with E-state index in [4.69, 9.17) is 62.4 Å². The fourth-order valence-electron chi connectivity index (χ4n) is 2.25. The van der Waals surface area contributed by atoms with Gasteiger partial charge >= 0.3 is 0 Å². The van der Waals surface area contributed by atoms with Gasteiger partial charge in [0.1, 0.15) is 11.5 Å². The van der Waals surface area contributed by atoms with E-state index >= 15 is 0 Å². The summed E-state index contributed by atoms with van der Waals surface area (Å²) >= 11 is 30.1. The van der Waals surface area contributed by atoms with Gasteiger partial charge in [0.05, 0.1) is 25.1 Å². The Morgan fingerprint density at radius 3 is 2.31 bits per heavy atom. The maximum absolute atomic E-state index is 12.3. The number of carbonyl (C=O) groups excluding carboxylic acids is 1. The Morgan fingerprint density at radius 2 is 1.54 bits per heavy atom. The Bertz CT molecular complexity index is 1020. The van der Waals surface area contributed by atoms with Crippen LogP contribution in [0.4, 0.5) is 0 Å². The van der Waals surface area contributed by atoms with E-state index in [2.05, 4.69) is 0 Å². The van der Waals surface area contributed by atoms with Gasteiger partial charge in [-0.25, -0.2) is 0 Å². The first-order chi connectivity index (χ1) is 12.4. The Labute approximate surface area is 174 Å². The summed E-state index contributed by atoms with van der Waals surface area (Å²) in [5.41, 5.74) is 0.916. The molecule has 0 fully saturated rings. The van der Waals surface area contributed by atoms with Crippen LogP contribution >= 0.6 is 58.0 Å². The third-order valence-corrected chi connectivity index (χ3v) is 5.66. The van der Waals surface area contributed by atoms with Crippen molar-refractivity contribution in [2.24, 2.45) is 0 Å². The molecular weight excluding hydrogens is 437 g/mol. The maximum Gasteiger partial charge on any atom is 0.187 e. The van der Waals surface area contributed by atoms with Crippen molar-refractivity contribution >= 4 is 69.9 Å². The lowest BCUT2D eigenvalue weighted by atomic mass is 10.1. The van der Waals surface area contributed by atoms with E-state index in [9.17, 15) is 4.79 Å². The molecule has 7 heteroatoms. The fourth-order valence-corrected chi connectivity index (χ4v) is 3.27. The molecule has 132 valence electrons. The summed E-state index contributed by atoms with van der Waals surface area (Å²) in [7, 11) is 0. The van der Waals surface area contributed by atoms with Crippen molar-refractivity contribution in [3.63, 3.8) is 0 Å². The zero-order chi connectivity index (χ0) is 18.8. The molecule has 1 aromatic heterocycles. The maximum atomic E-state index is 12.3. The standard InChI is InChI=1S/C19H9Cl5O2/c20-13-3-1-2-12(17(13)22)16-9-5-10(26-16)4-8-15(25)11-6-7-14(21)19(24)18(11)23/h1-9H. The van der Waals surface area contributed by atoms with E-state index < -0.39 is 0 Å². The number of allylic oxidation sites excluding steroid dienone is 1. The van der Waals surface area contributed by atoms with E-state index in [0.717, 1.165) is 0 Å². The van der Waals surface area contributed by atoms with Crippen molar-refractivity contribution in [3.8, 4) is 11.3 Å². The quantitative estimate of drug-likeness (QED) is 0.230. The average Bonchev–Trinajstić information content (AvgIpc) is 3.09. The molecule has 0 saturated heterocycles. The first-order valence-electron chi connectivity index (χ1n) is 7.28. The number of rotatable bonds is 4. The van der Waals surface area contributed by atoms with Gasteiger partial charge in [0, 0.05) is 11.1 Å². The third-order valence-electron chi connectivity index (χ3n) is 3.54. The zero-order valence-electron chi connectivity index (χ0n) is 12.9. The summed E-state index contributed by atoms with van der Waals surface area (Å²) in [6.45, 7) is 0. The number of furan rings is 1. The largest absolute Gasteiger partial charge is 0.457 e. The van der Waals surface area contributed by atoms with Crippen LogP contribution in [0.1, 0.15) is 16.1 Å². The molecule has 0 N–H and O–H groups in total. The summed E-state index contributed by atoms with van der Waals surface area (Å²) in [5.74, 6) is 0.685. The number of benzene rings is 2. The summed E-state index contributed by atoms with van der Waals surface area (Å²) in [6, 6.07) is 11.8. The Hall–Kier alpha value is -1.42. The molecule has 3 rings (SSSR count). The van der Waals surface area contributed by atoms with Crippen molar-refractivity contribution in [2.75, 3.05) is 0 Å². The van der Waals surface area contributed by atoms with Gasteiger partial charge in [-0.3, -0.25) is 4.79 Å². The minimum absolute atomic E-state index is 0.111. The molecule has 2 nitrogen and oxygen atoms in total. The van der Waals surface area contributed by atoms with Gasteiger partial charge in [-0.1, -0.05) is 64.1 Å². The molecule has 0 aliphatic heterocycles. The molecule has 2 aromatic carbocycles. The zero-order valence-corrected chi connectivity index (χ0v) is 16.7. The minimum atomic E-state index is -0.327. The van der Waals surface area contributed by atoms with Crippen LogP contribution in [0.25, 0.3) is 17.4 Å². The van der Waals surface area contributed by atoms with Crippen molar-refractivity contribution in [2.45, 2.75) is 0 Å². The van der Waals surface area contributed by atoms with Gasteiger partial charge in [0.2, 0.25) is 0 Å². The van der Waals surface area contributed by atoms with E-state index in [-0.39, 0.29) is 26.4 Å². The van der Waals surface area contributed by atoms with Crippen molar-refractivity contribution in [1.82, 2.24) is 0 Å². The molecule has 0 radical (unpaired) electrons. The van der Waals surface area contributed by atoms with Crippen LogP contribution in [0, 0.1) is 0 Å². The van der Waals surface area contributed by atoms with Crippen LogP contribution in [0.15, 0.2) is 53.0 Å². The Balaban J connectivity index is 1.84. The lowest BCUT2D eigenvalue weighted by Gasteiger charge is -2.03. The molecule has 1 heterocycles. The summed E-state index contributed by atoms with van der Waals surface area (Å²) < 4.78 is 5.70. The molecule has 0 unspecified atom stereocenters. The predicted octanol–water partition coefficient (Wildman–Crippen LogP) is 8.11. The number of hydrogen-bond acceptors (Lipinski definition) is 2. The van der Waals surface area contributed by atoms with Gasteiger partial charge in [-0.15, -0.1) is 0 Å². The topological polar surface area (TPSA) is 30.2 Å². The normalized spacial score (nSPS) is 11.3. The highest BCUT2D eigenvalue weighted by Gasteiger charge is 2.14. The van der Waals surface area contributed by atoms with E-state index in [1.807, 2.05) is 0 Å². The molecule has 26 heavy (non-hydrogen) atoms. The van der Waals surface area contributed by atoms with E-state index in [1.54, 1.807) is 30.3 Å². The molecule has 0 aliphatic rings. The van der Waals surface area contributed by atoms with Crippen molar-refractivity contribution in [3.05, 3.63) is 85.0 Å². The summed E-state index contributed by atoms with van der Waals surface area (Å²) in [6.07, 6.45) is 2.87. The van der Waals surface area contributed by atoms with Gasteiger partial charge in [-0.05, 0) is 48.6 Å². The van der Waals surface area contributed by atoms with Crippen LogP contribution < -0.4 is 0 Å². The predicted molar refractivity (Wildman–Crippen MR) is 109 cm³/mol. The molecule has 0 amide bonds. The van der Waals surface area contributed by atoms with Gasteiger partial charge < -0.3 is 4.42 Å². The number of halogens is 5. The fraction of sp³-hybridized carbons (Fsp3) is 0. The molecule has 0 spiro atoms. The first-order valence-corrected chi connectivity index (χ1v) is 9.17. The second-order valence-electron chi connectivity index (χ2n) is 5.22. The molecule has 0 bridgehead atoms. The SMILES string of the molecule is O=C(C=Cc1ccc(-c2cccc(Cl)c2Cl)o1)c1ccc(Cl)c(Cl)c1Cl. The smallest absolute Gasteiger partial charge is 0.187 e. The van der Waals surface area contributed by atoms with Gasteiger partial charge in [0.15, 0.2) is 5.78 Å².